The molecule has 102 valence electrons. The first-order valence-electron chi connectivity index (χ1n) is 6.40. The molecule has 1 aromatic carbocycles. The molecule has 3 rings (SSSR count). The summed E-state index contributed by atoms with van der Waals surface area (Å²) in [6, 6.07) is 5.66. The van der Waals surface area contributed by atoms with Gasteiger partial charge in [0.15, 0.2) is 5.58 Å². The number of rotatable bonds is 3. The highest BCUT2D eigenvalue weighted by Crippen LogP contribution is 2.17. The van der Waals surface area contributed by atoms with Crippen molar-refractivity contribution in [3.05, 3.63) is 28.7 Å². The van der Waals surface area contributed by atoms with E-state index < -0.39 is 0 Å². The Balaban J connectivity index is 1.72. The zero-order valence-electron chi connectivity index (χ0n) is 10.8. The van der Waals surface area contributed by atoms with Gasteiger partial charge < -0.3 is 19.8 Å². The summed E-state index contributed by atoms with van der Waals surface area (Å²) < 4.78 is 12.3. The average molecular weight is 263 g/mol. The Morgan fingerprint density at radius 3 is 3.21 bits per heavy atom. The van der Waals surface area contributed by atoms with E-state index in [4.69, 9.17) is 9.15 Å². The maximum atomic E-state index is 11.4. The number of nitrogens with zero attached hydrogens (tertiary/aromatic N) is 1. The van der Waals surface area contributed by atoms with E-state index in [-0.39, 0.29) is 11.9 Å². The number of hydrogen-bond acceptors (Lipinski definition) is 5. The van der Waals surface area contributed by atoms with Crippen LogP contribution in [0.15, 0.2) is 27.4 Å². The van der Waals surface area contributed by atoms with E-state index in [1.165, 1.54) is 4.57 Å². The quantitative estimate of drug-likeness (QED) is 0.845. The Bertz CT molecular complexity index is 626. The van der Waals surface area contributed by atoms with Crippen molar-refractivity contribution in [2.24, 2.45) is 7.05 Å². The second-order valence-corrected chi connectivity index (χ2v) is 4.69. The molecule has 1 saturated heterocycles. The minimum atomic E-state index is -0.341. The Kier molecular flexibility index (Phi) is 3.27. The molecule has 1 aromatic heterocycles. The molecule has 0 bridgehead atoms. The van der Waals surface area contributed by atoms with Crippen LogP contribution < -0.4 is 16.4 Å². The van der Waals surface area contributed by atoms with Crippen molar-refractivity contribution in [1.82, 2.24) is 9.88 Å². The largest absolute Gasteiger partial charge is 0.419 e. The average Bonchev–Trinajstić information content (AvgIpc) is 2.73. The van der Waals surface area contributed by atoms with Gasteiger partial charge in [0.2, 0.25) is 0 Å². The van der Waals surface area contributed by atoms with Gasteiger partial charge in [-0.15, -0.1) is 0 Å². The van der Waals surface area contributed by atoms with Crippen molar-refractivity contribution in [3.8, 4) is 0 Å². The third-order valence-electron chi connectivity index (χ3n) is 3.33. The van der Waals surface area contributed by atoms with Crippen LogP contribution in [0.2, 0.25) is 0 Å². The smallest absolute Gasteiger partial charge is 0.408 e. The minimum Gasteiger partial charge on any atom is -0.408 e. The third kappa shape index (κ3) is 2.50. The number of aryl methyl sites for hydroxylation is 1. The van der Waals surface area contributed by atoms with Crippen LogP contribution >= 0.6 is 0 Å². The lowest BCUT2D eigenvalue weighted by Gasteiger charge is -2.24. The SMILES string of the molecule is Cn1c(=O)oc2cc(NCC3CNCCO3)ccc21. The maximum Gasteiger partial charge on any atom is 0.419 e. The number of morpholine rings is 1. The second kappa shape index (κ2) is 5.07. The van der Waals surface area contributed by atoms with Gasteiger partial charge in [0.05, 0.1) is 18.2 Å². The summed E-state index contributed by atoms with van der Waals surface area (Å²) in [7, 11) is 1.70. The van der Waals surface area contributed by atoms with Crippen LogP contribution in [-0.2, 0) is 11.8 Å². The molecule has 2 N–H and O–H groups in total. The summed E-state index contributed by atoms with van der Waals surface area (Å²) in [5, 5.41) is 6.58. The lowest BCUT2D eigenvalue weighted by molar-refractivity contribution is 0.0372. The molecule has 19 heavy (non-hydrogen) atoms. The number of nitrogens with one attached hydrogen (secondary N) is 2. The molecular formula is C13H17N3O3. The fourth-order valence-electron chi connectivity index (χ4n) is 2.23. The van der Waals surface area contributed by atoms with Gasteiger partial charge >= 0.3 is 5.76 Å². The summed E-state index contributed by atoms with van der Waals surface area (Å²) in [5.74, 6) is -0.341. The van der Waals surface area contributed by atoms with Crippen LogP contribution in [0.1, 0.15) is 0 Å². The molecule has 6 heteroatoms. The number of hydrogen-bond donors (Lipinski definition) is 2. The van der Waals surface area contributed by atoms with Crippen molar-refractivity contribution in [2.45, 2.75) is 6.10 Å². The topological polar surface area (TPSA) is 68.4 Å². The van der Waals surface area contributed by atoms with Gasteiger partial charge in [0.1, 0.15) is 0 Å². The molecule has 1 atom stereocenters. The van der Waals surface area contributed by atoms with E-state index in [2.05, 4.69) is 10.6 Å². The monoisotopic (exact) mass is 263 g/mol. The first-order valence-corrected chi connectivity index (χ1v) is 6.40. The molecule has 2 aromatic rings. The van der Waals surface area contributed by atoms with Crippen molar-refractivity contribution in [1.29, 1.82) is 0 Å². The first kappa shape index (κ1) is 12.3. The Morgan fingerprint density at radius 2 is 2.42 bits per heavy atom. The zero-order valence-corrected chi connectivity index (χ0v) is 10.8. The molecule has 1 unspecified atom stereocenters. The summed E-state index contributed by atoms with van der Waals surface area (Å²) in [4.78, 5) is 11.4. The predicted octanol–water partition coefficient (Wildman–Crippen LogP) is 0.532. The Labute approximate surface area is 110 Å². The number of fused-ring (bicyclic) bond motifs is 1. The highest BCUT2D eigenvalue weighted by Gasteiger charge is 2.13. The number of anilines is 1. The van der Waals surface area contributed by atoms with Crippen LogP contribution in [0, 0.1) is 0 Å². The van der Waals surface area contributed by atoms with Crippen LogP contribution in [0.25, 0.3) is 11.1 Å². The summed E-state index contributed by atoms with van der Waals surface area (Å²) in [6.07, 6.45) is 0.173. The van der Waals surface area contributed by atoms with Gasteiger partial charge in [-0.05, 0) is 12.1 Å². The van der Waals surface area contributed by atoms with Gasteiger partial charge in [0.25, 0.3) is 0 Å². The second-order valence-electron chi connectivity index (χ2n) is 4.69. The van der Waals surface area contributed by atoms with Gasteiger partial charge in [-0.25, -0.2) is 4.79 Å². The lowest BCUT2D eigenvalue weighted by atomic mass is 10.2. The molecule has 0 aliphatic carbocycles. The van der Waals surface area contributed by atoms with Crippen LogP contribution in [-0.4, -0.2) is 36.9 Å². The van der Waals surface area contributed by atoms with Crippen LogP contribution in [0.3, 0.4) is 0 Å². The zero-order chi connectivity index (χ0) is 13.2. The van der Waals surface area contributed by atoms with E-state index in [1.54, 1.807) is 7.05 Å². The lowest BCUT2D eigenvalue weighted by Crippen LogP contribution is -2.42. The van der Waals surface area contributed by atoms with E-state index in [0.717, 1.165) is 37.4 Å². The first-order chi connectivity index (χ1) is 9.24. The Hall–Kier alpha value is -1.79. The number of ether oxygens (including phenoxy) is 1. The fraction of sp³-hybridized carbons (Fsp3) is 0.462. The summed E-state index contributed by atoms with van der Waals surface area (Å²) in [6.45, 7) is 3.25. The van der Waals surface area contributed by atoms with Gasteiger partial charge in [0, 0.05) is 38.4 Å². The molecule has 1 aliphatic heterocycles. The molecule has 2 heterocycles. The summed E-state index contributed by atoms with van der Waals surface area (Å²) in [5.41, 5.74) is 2.32. The van der Waals surface area contributed by atoms with Gasteiger partial charge in [-0.2, -0.15) is 0 Å². The normalized spacial score (nSPS) is 19.7. The summed E-state index contributed by atoms with van der Waals surface area (Å²) >= 11 is 0. The molecule has 0 radical (unpaired) electrons. The highest BCUT2D eigenvalue weighted by atomic mass is 16.5. The van der Waals surface area contributed by atoms with Crippen molar-refractivity contribution >= 4 is 16.8 Å². The molecular weight excluding hydrogens is 246 g/mol. The molecule has 1 aliphatic rings. The standard InChI is InChI=1S/C13H17N3O3/c1-16-11-3-2-9(6-12(11)19-13(16)17)15-8-10-7-14-4-5-18-10/h2-3,6,10,14-15H,4-5,7-8H2,1H3. The molecule has 0 amide bonds. The van der Waals surface area contributed by atoms with E-state index in [1.807, 2.05) is 18.2 Å². The number of aromatic nitrogens is 1. The highest BCUT2D eigenvalue weighted by molar-refractivity contribution is 5.77. The fourth-order valence-corrected chi connectivity index (χ4v) is 2.23. The molecule has 1 fully saturated rings. The van der Waals surface area contributed by atoms with Crippen molar-refractivity contribution in [2.75, 3.05) is 31.6 Å². The van der Waals surface area contributed by atoms with Crippen LogP contribution in [0.5, 0.6) is 0 Å². The molecule has 0 saturated carbocycles. The predicted molar refractivity (Wildman–Crippen MR) is 72.6 cm³/mol. The van der Waals surface area contributed by atoms with Crippen molar-refractivity contribution in [3.63, 3.8) is 0 Å². The molecule has 6 nitrogen and oxygen atoms in total. The minimum absolute atomic E-state index is 0.173. The third-order valence-corrected chi connectivity index (χ3v) is 3.33. The van der Waals surface area contributed by atoms with E-state index in [0.29, 0.717) is 5.58 Å². The van der Waals surface area contributed by atoms with E-state index >= 15 is 0 Å². The van der Waals surface area contributed by atoms with Crippen molar-refractivity contribution < 1.29 is 9.15 Å². The number of oxazole rings is 1. The number of benzene rings is 1. The maximum absolute atomic E-state index is 11.4. The van der Waals surface area contributed by atoms with Gasteiger partial charge in [-0.3, -0.25) is 4.57 Å². The van der Waals surface area contributed by atoms with Crippen LogP contribution in [0.4, 0.5) is 5.69 Å². The molecule has 0 spiro atoms. The Morgan fingerprint density at radius 1 is 1.53 bits per heavy atom. The van der Waals surface area contributed by atoms with E-state index in [9.17, 15) is 4.79 Å². The van der Waals surface area contributed by atoms with Gasteiger partial charge in [-0.1, -0.05) is 0 Å².